The van der Waals surface area contributed by atoms with Crippen molar-refractivity contribution in [2.45, 2.75) is 64.2 Å². The molecule has 4 atom stereocenters. The lowest BCUT2D eigenvalue weighted by atomic mass is 9.55. The highest BCUT2D eigenvalue weighted by molar-refractivity contribution is 5.92. The fraction of sp³-hybridized carbons (Fsp3) is 0.720. The highest BCUT2D eigenvalue weighted by Crippen LogP contribution is 2.60. The molecule has 3 fully saturated rings. The number of aryl methyl sites for hydroxylation is 1. The topological polar surface area (TPSA) is 34.1 Å². The van der Waals surface area contributed by atoms with Crippen LogP contribution in [0.2, 0.25) is 0 Å². The molecule has 5 rings (SSSR count). The van der Waals surface area contributed by atoms with Crippen LogP contribution >= 0.6 is 12.4 Å². The first-order valence-corrected chi connectivity index (χ1v) is 11.8. The van der Waals surface area contributed by atoms with Crippen LogP contribution in [0.3, 0.4) is 0 Å². The molecule has 0 amide bonds. The van der Waals surface area contributed by atoms with E-state index in [0.717, 1.165) is 43.1 Å². The van der Waals surface area contributed by atoms with Crippen molar-refractivity contribution in [1.29, 1.82) is 0 Å². The molecule has 2 saturated carbocycles. The Balaban J connectivity index is 0.00000218. The van der Waals surface area contributed by atoms with E-state index in [9.17, 15) is 0 Å². The number of likely N-dealkylation sites (tertiary alicyclic amines) is 1. The first-order chi connectivity index (χ1) is 14.2. The van der Waals surface area contributed by atoms with Gasteiger partial charge in [-0.3, -0.25) is 4.90 Å². The zero-order valence-electron chi connectivity index (χ0n) is 18.6. The predicted octanol–water partition coefficient (Wildman–Crippen LogP) is 5.44. The Morgan fingerprint density at radius 2 is 1.97 bits per heavy atom. The molecule has 30 heavy (non-hydrogen) atoms. The zero-order valence-corrected chi connectivity index (χ0v) is 19.4. The number of ether oxygens (including phenoxy) is 1. The summed E-state index contributed by atoms with van der Waals surface area (Å²) in [7, 11) is 1.77. The third-order valence-corrected chi connectivity index (χ3v) is 8.55. The van der Waals surface area contributed by atoms with Gasteiger partial charge in [-0.1, -0.05) is 18.1 Å². The maximum Gasteiger partial charge on any atom is 0.129 e. The minimum Gasteiger partial charge on any atom is -0.497 e. The Hall–Kier alpha value is -1.26. The van der Waals surface area contributed by atoms with Gasteiger partial charge < -0.3 is 9.57 Å². The first kappa shape index (κ1) is 22.0. The van der Waals surface area contributed by atoms with Gasteiger partial charge >= 0.3 is 0 Å². The van der Waals surface area contributed by atoms with Crippen molar-refractivity contribution in [3.8, 4) is 5.75 Å². The lowest BCUT2D eigenvalue weighted by molar-refractivity contribution is 0.0859. The summed E-state index contributed by atoms with van der Waals surface area (Å²) in [6.45, 7) is 6.72. The van der Waals surface area contributed by atoms with Gasteiger partial charge in [0.05, 0.1) is 12.8 Å². The Labute approximate surface area is 187 Å². The lowest BCUT2D eigenvalue weighted by Gasteiger charge is -2.49. The van der Waals surface area contributed by atoms with Gasteiger partial charge in [-0.15, -0.1) is 12.4 Å². The summed E-state index contributed by atoms with van der Waals surface area (Å²) in [6, 6.07) is 6.78. The second kappa shape index (κ2) is 9.08. The number of halogens is 1. The molecule has 4 nitrogen and oxygen atoms in total. The van der Waals surface area contributed by atoms with Crippen LogP contribution in [-0.4, -0.2) is 44.0 Å². The average Bonchev–Trinajstić information content (AvgIpc) is 3.38. The molecule has 0 bridgehead atoms. The van der Waals surface area contributed by atoms with Crippen molar-refractivity contribution >= 4 is 18.1 Å². The predicted molar refractivity (Wildman–Crippen MR) is 124 cm³/mol. The average molecular weight is 433 g/mol. The summed E-state index contributed by atoms with van der Waals surface area (Å²) in [5.41, 5.74) is 4.71. The molecular weight excluding hydrogens is 396 g/mol. The van der Waals surface area contributed by atoms with Crippen LogP contribution in [0.15, 0.2) is 23.4 Å². The Morgan fingerprint density at radius 1 is 1.13 bits per heavy atom. The number of fused-ring (bicyclic) bond motifs is 5. The fourth-order valence-electron chi connectivity index (χ4n) is 6.92. The summed E-state index contributed by atoms with van der Waals surface area (Å²) in [5.74, 6) is 3.28. The van der Waals surface area contributed by atoms with E-state index in [2.05, 4.69) is 30.0 Å². The standard InChI is InChI=1S/C25H36N2O2.ClH/c1-25-12-11-21-20-8-6-19(28-2)17-18(20)5-7-22(21)23(25)9-10-24(25)26-29-16-15-27-13-3-4-14-27;/h6,8,17,21-23H,3-5,7,9-16H2,1-2H3;1H/b26-24+;/t21-,22-,23+,25+;/m1./s1. The Bertz CT molecular complexity index is 776. The van der Waals surface area contributed by atoms with E-state index in [0.29, 0.717) is 0 Å². The van der Waals surface area contributed by atoms with Crippen LogP contribution in [0.4, 0.5) is 0 Å². The van der Waals surface area contributed by atoms with E-state index >= 15 is 0 Å². The summed E-state index contributed by atoms with van der Waals surface area (Å²) >= 11 is 0. The Kier molecular flexibility index (Phi) is 6.64. The molecule has 1 saturated heterocycles. The van der Waals surface area contributed by atoms with Crippen molar-refractivity contribution in [2.24, 2.45) is 22.4 Å². The third-order valence-electron chi connectivity index (χ3n) is 8.55. The van der Waals surface area contributed by atoms with Crippen LogP contribution in [-0.2, 0) is 11.3 Å². The van der Waals surface area contributed by atoms with E-state index in [-0.39, 0.29) is 17.8 Å². The SMILES string of the molecule is COc1ccc2c(c1)CC[C@@H]1[C@@H]2CC[C@]2(C)/C(=N/OCCN3CCCC3)CC[C@@H]12.Cl. The van der Waals surface area contributed by atoms with Gasteiger partial charge in [0.15, 0.2) is 0 Å². The minimum atomic E-state index is 0. The quantitative estimate of drug-likeness (QED) is 0.458. The van der Waals surface area contributed by atoms with Gasteiger partial charge in [0.25, 0.3) is 0 Å². The van der Waals surface area contributed by atoms with Crippen molar-refractivity contribution < 1.29 is 9.57 Å². The minimum absolute atomic E-state index is 0. The molecule has 0 radical (unpaired) electrons. The summed E-state index contributed by atoms with van der Waals surface area (Å²) in [5, 5.41) is 4.72. The molecule has 5 heteroatoms. The van der Waals surface area contributed by atoms with E-state index in [1.165, 1.54) is 69.3 Å². The molecular formula is C25H37ClN2O2. The molecule has 1 heterocycles. The first-order valence-electron chi connectivity index (χ1n) is 11.8. The van der Waals surface area contributed by atoms with Crippen molar-refractivity contribution in [2.75, 3.05) is 33.4 Å². The Morgan fingerprint density at radius 3 is 2.77 bits per heavy atom. The van der Waals surface area contributed by atoms with Crippen molar-refractivity contribution in [3.05, 3.63) is 29.3 Å². The molecule has 0 unspecified atom stereocenters. The molecule has 1 aliphatic heterocycles. The smallest absolute Gasteiger partial charge is 0.129 e. The number of benzene rings is 1. The molecule has 1 aromatic carbocycles. The van der Waals surface area contributed by atoms with E-state index < -0.39 is 0 Å². The van der Waals surface area contributed by atoms with Crippen molar-refractivity contribution in [3.63, 3.8) is 0 Å². The number of hydrogen-bond donors (Lipinski definition) is 0. The number of oxime groups is 1. The molecule has 0 N–H and O–H groups in total. The summed E-state index contributed by atoms with van der Waals surface area (Å²) in [4.78, 5) is 8.34. The maximum absolute atomic E-state index is 5.84. The van der Waals surface area contributed by atoms with Crippen LogP contribution in [0, 0.1) is 17.3 Å². The molecule has 0 aromatic heterocycles. The molecule has 4 aliphatic rings. The van der Waals surface area contributed by atoms with Crippen LogP contribution in [0.25, 0.3) is 0 Å². The molecule has 0 spiro atoms. The van der Waals surface area contributed by atoms with Gasteiger partial charge in [0, 0.05) is 12.0 Å². The largest absolute Gasteiger partial charge is 0.497 e. The summed E-state index contributed by atoms with van der Waals surface area (Å²) in [6.07, 6.45) is 10.1. The number of hydrogen-bond acceptors (Lipinski definition) is 4. The molecule has 166 valence electrons. The van der Waals surface area contributed by atoms with Gasteiger partial charge in [0.1, 0.15) is 12.4 Å². The van der Waals surface area contributed by atoms with E-state index in [1.807, 2.05) is 0 Å². The van der Waals surface area contributed by atoms with Crippen LogP contribution in [0.5, 0.6) is 5.75 Å². The number of nitrogens with zero attached hydrogens (tertiary/aromatic N) is 2. The van der Waals surface area contributed by atoms with Crippen LogP contribution in [0.1, 0.15) is 68.9 Å². The molecule has 3 aliphatic carbocycles. The summed E-state index contributed by atoms with van der Waals surface area (Å²) < 4.78 is 5.46. The number of rotatable bonds is 5. The third kappa shape index (κ3) is 3.86. The van der Waals surface area contributed by atoms with Gasteiger partial charge in [-0.2, -0.15) is 0 Å². The highest BCUT2D eigenvalue weighted by Gasteiger charge is 2.53. The molecule has 1 aromatic rings. The van der Waals surface area contributed by atoms with Gasteiger partial charge in [-0.25, -0.2) is 0 Å². The highest BCUT2D eigenvalue weighted by atomic mass is 35.5. The van der Waals surface area contributed by atoms with Crippen LogP contribution < -0.4 is 4.74 Å². The fourth-order valence-corrected chi connectivity index (χ4v) is 6.92. The van der Waals surface area contributed by atoms with Gasteiger partial charge in [0.2, 0.25) is 0 Å². The maximum atomic E-state index is 5.84. The normalized spacial score (nSPS) is 34.1. The second-order valence-electron chi connectivity index (χ2n) is 9.90. The van der Waals surface area contributed by atoms with E-state index in [1.54, 1.807) is 12.7 Å². The second-order valence-corrected chi connectivity index (χ2v) is 9.90. The number of methoxy groups -OCH3 is 1. The monoisotopic (exact) mass is 432 g/mol. The zero-order chi connectivity index (χ0) is 19.8. The van der Waals surface area contributed by atoms with Crippen molar-refractivity contribution in [1.82, 2.24) is 4.90 Å². The lowest BCUT2D eigenvalue weighted by Crippen LogP contribution is -2.42. The van der Waals surface area contributed by atoms with E-state index in [4.69, 9.17) is 14.7 Å². The van der Waals surface area contributed by atoms with Gasteiger partial charge in [-0.05, 0) is 105 Å².